The fourth-order valence-corrected chi connectivity index (χ4v) is 1.94. The van der Waals surface area contributed by atoms with Crippen LogP contribution in [-0.2, 0) is 0 Å². The van der Waals surface area contributed by atoms with Gasteiger partial charge in [0.1, 0.15) is 0 Å². The quantitative estimate of drug-likeness (QED) is 0.624. The zero-order valence-corrected chi connectivity index (χ0v) is 9.08. The van der Waals surface area contributed by atoms with Gasteiger partial charge in [-0.15, -0.1) is 0 Å². The van der Waals surface area contributed by atoms with E-state index in [1.54, 1.807) is 0 Å². The highest BCUT2D eigenvalue weighted by molar-refractivity contribution is 4.87. The maximum atomic E-state index is 8.40. The highest BCUT2D eigenvalue weighted by Gasteiger charge is 2.32. The van der Waals surface area contributed by atoms with Gasteiger partial charge in [0.05, 0.1) is 6.07 Å². The molecular formula is C11H21N3. The lowest BCUT2D eigenvalue weighted by Crippen LogP contribution is -2.40. The van der Waals surface area contributed by atoms with Gasteiger partial charge in [-0.2, -0.15) is 5.26 Å². The predicted octanol–water partition coefficient (Wildman–Crippen LogP) is 1.35. The van der Waals surface area contributed by atoms with Crippen LogP contribution in [0.3, 0.4) is 0 Å². The van der Waals surface area contributed by atoms with Gasteiger partial charge < -0.3 is 10.6 Å². The largest absolute Gasteiger partial charge is 0.329 e. The Morgan fingerprint density at radius 2 is 2.21 bits per heavy atom. The number of nitrogens with two attached hydrogens (primary N) is 1. The molecule has 0 saturated heterocycles. The Hall–Kier alpha value is -0.590. The van der Waals surface area contributed by atoms with E-state index in [0.29, 0.717) is 12.5 Å². The maximum absolute atomic E-state index is 8.40. The average molecular weight is 195 g/mol. The van der Waals surface area contributed by atoms with Crippen molar-refractivity contribution in [3.63, 3.8) is 0 Å². The highest BCUT2D eigenvalue weighted by Crippen LogP contribution is 2.34. The smallest absolute Gasteiger partial charge is 0.0621 e. The number of likely N-dealkylation sites (N-methyl/N-ethyl adjacent to an activating group) is 1. The molecule has 80 valence electrons. The van der Waals surface area contributed by atoms with Crippen LogP contribution >= 0.6 is 0 Å². The van der Waals surface area contributed by atoms with Crippen LogP contribution in [0, 0.1) is 17.2 Å². The van der Waals surface area contributed by atoms with Crippen molar-refractivity contribution >= 4 is 0 Å². The van der Waals surface area contributed by atoms with Crippen LogP contribution in [0.2, 0.25) is 0 Å². The lowest BCUT2D eigenvalue weighted by Gasteiger charge is -2.26. The normalized spacial score (nSPS) is 18.1. The third-order valence-electron chi connectivity index (χ3n) is 3.02. The molecule has 0 aromatic heterocycles. The Labute approximate surface area is 86.9 Å². The van der Waals surface area contributed by atoms with E-state index in [2.05, 4.69) is 18.0 Å². The van der Waals surface area contributed by atoms with E-state index in [1.165, 1.54) is 12.8 Å². The van der Waals surface area contributed by atoms with Crippen molar-refractivity contribution in [2.75, 3.05) is 20.1 Å². The molecule has 0 bridgehead atoms. The Balaban J connectivity index is 2.12. The highest BCUT2D eigenvalue weighted by atomic mass is 15.1. The molecule has 0 aromatic carbocycles. The van der Waals surface area contributed by atoms with Crippen molar-refractivity contribution in [3.8, 4) is 6.07 Å². The molecule has 3 nitrogen and oxygen atoms in total. The van der Waals surface area contributed by atoms with Crippen molar-refractivity contribution in [2.45, 2.75) is 38.1 Å². The van der Waals surface area contributed by atoms with Gasteiger partial charge in [-0.1, -0.05) is 0 Å². The summed E-state index contributed by atoms with van der Waals surface area (Å²) < 4.78 is 0. The summed E-state index contributed by atoms with van der Waals surface area (Å²) in [5, 5.41) is 8.40. The molecule has 14 heavy (non-hydrogen) atoms. The second-order valence-electron chi connectivity index (χ2n) is 4.24. The van der Waals surface area contributed by atoms with E-state index in [9.17, 15) is 0 Å². The molecule has 1 fully saturated rings. The fourth-order valence-electron chi connectivity index (χ4n) is 1.94. The summed E-state index contributed by atoms with van der Waals surface area (Å²) in [7, 11) is 2.15. The van der Waals surface area contributed by atoms with Crippen LogP contribution in [-0.4, -0.2) is 31.1 Å². The van der Waals surface area contributed by atoms with Crippen molar-refractivity contribution in [1.29, 1.82) is 5.26 Å². The molecule has 2 N–H and O–H groups in total. The number of hydrogen-bond acceptors (Lipinski definition) is 3. The lowest BCUT2D eigenvalue weighted by molar-refractivity contribution is 0.220. The molecule has 1 atom stereocenters. The number of rotatable bonds is 7. The van der Waals surface area contributed by atoms with Crippen LogP contribution in [0.15, 0.2) is 0 Å². The summed E-state index contributed by atoms with van der Waals surface area (Å²) in [5.41, 5.74) is 5.75. The van der Waals surface area contributed by atoms with E-state index >= 15 is 0 Å². The molecule has 3 heteroatoms. The van der Waals surface area contributed by atoms with Crippen molar-refractivity contribution < 1.29 is 0 Å². The second-order valence-corrected chi connectivity index (χ2v) is 4.24. The number of nitriles is 1. The van der Waals surface area contributed by atoms with E-state index in [-0.39, 0.29) is 0 Å². The second kappa shape index (κ2) is 6.00. The minimum Gasteiger partial charge on any atom is -0.329 e. The van der Waals surface area contributed by atoms with Crippen LogP contribution in [0.5, 0.6) is 0 Å². The standard InChI is InChI=1S/C11H21N3/c1-14(8-4-2-3-7-12)11(9-13)10-5-6-10/h10-11H,2-6,8-9,13H2,1H3. The molecule has 0 heterocycles. The maximum Gasteiger partial charge on any atom is 0.0621 e. The Morgan fingerprint density at radius 3 is 2.71 bits per heavy atom. The minimum absolute atomic E-state index is 0.581. The minimum atomic E-state index is 0.581. The van der Waals surface area contributed by atoms with Gasteiger partial charge in [0.2, 0.25) is 0 Å². The Morgan fingerprint density at radius 1 is 1.50 bits per heavy atom. The molecule has 1 saturated carbocycles. The van der Waals surface area contributed by atoms with E-state index in [1.807, 2.05) is 0 Å². The monoisotopic (exact) mass is 195 g/mol. The van der Waals surface area contributed by atoms with E-state index in [4.69, 9.17) is 11.0 Å². The van der Waals surface area contributed by atoms with Gasteiger partial charge in [0.15, 0.2) is 0 Å². The van der Waals surface area contributed by atoms with Crippen LogP contribution in [0.25, 0.3) is 0 Å². The van der Waals surface area contributed by atoms with Crippen LogP contribution in [0.1, 0.15) is 32.1 Å². The number of hydrogen-bond donors (Lipinski definition) is 1. The van der Waals surface area contributed by atoms with Crippen LogP contribution < -0.4 is 5.73 Å². The Kier molecular flexibility index (Phi) is 4.92. The molecular weight excluding hydrogens is 174 g/mol. The summed E-state index contributed by atoms with van der Waals surface area (Å²) in [6.07, 6.45) is 5.52. The van der Waals surface area contributed by atoms with Crippen LogP contribution in [0.4, 0.5) is 0 Å². The van der Waals surface area contributed by atoms with Gasteiger partial charge in [-0.05, 0) is 45.2 Å². The summed E-state index contributed by atoms with van der Waals surface area (Å²) in [4.78, 5) is 2.37. The van der Waals surface area contributed by atoms with Crippen molar-refractivity contribution in [2.24, 2.45) is 11.7 Å². The predicted molar refractivity (Wildman–Crippen MR) is 57.7 cm³/mol. The number of nitrogens with zero attached hydrogens (tertiary/aromatic N) is 2. The molecule has 1 unspecified atom stereocenters. The zero-order valence-electron chi connectivity index (χ0n) is 9.08. The molecule has 1 aliphatic rings. The zero-order chi connectivity index (χ0) is 10.4. The van der Waals surface area contributed by atoms with Gasteiger partial charge in [-0.25, -0.2) is 0 Å². The molecule has 1 rings (SSSR count). The summed E-state index contributed by atoms with van der Waals surface area (Å²) in [6.45, 7) is 1.86. The molecule has 1 aliphatic carbocycles. The SMILES string of the molecule is CN(CCCCC#N)C(CN)C1CC1. The number of unbranched alkanes of at least 4 members (excludes halogenated alkanes) is 2. The fraction of sp³-hybridized carbons (Fsp3) is 0.909. The first-order valence-electron chi connectivity index (χ1n) is 5.57. The van der Waals surface area contributed by atoms with Gasteiger partial charge in [0, 0.05) is 19.0 Å². The van der Waals surface area contributed by atoms with Gasteiger partial charge in [0.25, 0.3) is 0 Å². The van der Waals surface area contributed by atoms with Crippen molar-refractivity contribution in [1.82, 2.24) is 4.90 Å². The van der Waals surface area contributed by atoms with Gasteiger partial charge >= 0.3 is 0 Å². The molecule has 0 aliphatic heterocycles. The molecule has 0 spiro atoms. The van der Waals surface area contributed by atoms with E-state index < -0.39 is 0 Å². The molecule has 0 radical (unpaired) electrons. The summed E-state index contributed by atoms with van der Waals surface area (Å²) in [5.74, 6) is 0.848. The first-order chi connectivity index (χ1) is 6.79. The van der Waals surface area contributed by atoms with Crippen molar-refractivity contribution in [3.05, 3.63) is 0 Å². The molecule has 0 aromatic rings. The lowest BCUT2D eigenvalue weighted by atomic mass is 10.1. The van der Waals surface area contributed by atoms with Gasteiger partial charge in [-0.3, -0.25) is 0 Å². The third kappa shape index (κ3) is 3.65. The first kappa shape index (κ1) is 11.5. The Bertz CT molecular complexity index is 193. The average Bonchev–Trinajstić information content (AvgIpc) is 2.98. The summed E-state index contributed by atoms with van der Waals surface area (Å²) in [6, 6.07) is 2.76. The first-order valence-corrected chi connectivity index (χ1v) is 5.57. The van der Waals surface area contributed by atoms with E-state index in [0.717, 1.165) is 31.8 Å². The summed E-state index contributed by atoms with van der Waals surface area (Å²) >= 11 is 0. The molecule has 0 amide bonds. The third-order valence-corrected chi connectivity index (χ3v) is 3.02. The topological polar surface area (TPSA) is 53.0 Å².